The van der Waals surface area contributed by atoms with Crippen molar-refractivity contribution in [2.75, 3.05) is 32.5 Å². The summed E-state index contributed by atoms with van der Waals surface area (Å²) in [7, 11) is 4.08. The summed E-state index contributed by atoms with van der Waals surface area (Å²) >= 11 is 5.46. The Morgan fingerprint density at radius 2 is 2.11 bits per heavy atom. The lowest BCUT2D eigenvalue weighted by Gasteiger charge is -2.29. The molecule has 4 nitrogen and oxygen atoms in total. The zero-order valence-electron chi connectivity index (χ0n) is 11.4. The normalized spacial score (nSPS) is 22.8. The Bertz CT molecular complexity index is 424. The summed E-state index contributed by atoms with van der Waals surface area (Å²) in [5, 5.41) is 13.8. The second-order valence-corrected chi connectivity index (χ2v) is 5.64. The Labute approximate surface area is 120 Å². The number of anilines is 1. The van der Waals surface area contributed by atoms with Gasteiger partial charge in [0.2, 0.25) is 0 Å². The summed E-state index contributed by atoms with van der Waals surface area (Å²) in [4.78, 5) is 4.22. The fraction of sp³-hybridized carbons (Fsp3) is 0.500. The lowest BCUT2D eigenvalue weighted by molar-refractivity contribution is 0.187. The quantitative estimate of drug-likeness (QED) is 0.818. The average Bonchev–Trinajstić information content (AvgIpc) is 2.70. The van der Waals surface area contributed by atoms with E-state index in [1.165, 1.54) is 0 Å². The van der Waals surface area contributed by atoms with E-state index in [0.717, 1.165) is 18.7 Å². The van der Waals surface area contributed by atoms with E-state index in [9.17, 15) is 5.11 Å². The number of aliphatic hydroxyl groups is 1. The maximum absolute atomic E-state index is 9.85. The summed E-state index contributed by atoms with van der Waals surface area (Å²) in [5.41, 5.74) is 0.984. The third-order valence-electron chi connectivity index (χ3n) is 3.25. The summed E-state index contributed by atoms with van der Waals surface area (Å²) in [6.07, 6.45) is 0.481. The molecule has 0 aliphatic carbocycles. The van der Waals surface area contributed by atoms with Crippen LogP contribution in [0.25, 0.3) is 0 Å². The van der Waals surface area contributed by atoms with E-state index < -0.39 is 0 Å². The minimum absolute atomic E-state index is 0.272. The Hall–Kier alpha value is -1.17. The van der Waals surface area contributed by atoms with Crippen LogP contribution in [0, 0.1) is 0 Å². The molecule has 1 saturated heterocycles. The van der Waals surface area contributed by atoms with Crippen molar-refractivity contribution in [1.82, 2.24) is 9.80 Å². The lowest BCUT2D eigenvalue weighted by atomic mass is 10.2. The number of hydrogen-bond acceptors (Lipinski definition) is 3. The number of nitrogens with one attached hydrogen (secondary N) is 1. The van der Waals surface area contributed by atoms with Crippen molar-refractivity contribution in [2.24, 2.45) is 0 Å². The second kappa shape index (κ2) is 6.32. The molecule has 0 saturated carbocycles. The number of nitrogens with zero attached hydrogens (tertiary/aromatic N) is 2. The fourth-order valence-electron chi connectivity index (χ4n) is 2.45. The first-order valence-corrected chi connectivity index (χ1v) is 6.92. The first-order valence-electron chi connectivity index (χ1n) is 6.51. The average molecular weight is 279 g/mol. The molecule has 1 fully saturated rings. The second-order valence-electron chi connectivity index (χ2n) is 5.25. The van der Waals surface area contributed by atoms with Crippen molar-refractivity contribution >= 4 is 23.0 Å². The van der Waals surface area contributed by atoms with Gasteiger partial charge in [0.15, 0.2) is 5.11 Å². The van der Waals surface area contributed by atoms with E-state index in [2.05, 4.69) is 15.1 Å². The third kappa shape index (κ3) is 3.89. The molecule has 19 heavy (non-hydrogen) atoms. The van der Waals surface area contributed by atoms with Gasteiger partial charge in [0.1, 0.15) is 0 Å². The van der Waals surface area contributed by atoms with Crippen LogP contribution >= 0.6 is 12.2 Å². The molecule has 1 aromatic carbocycles. The molecule has 0 bridgehead atoms. The minimum atomic E-state index is -0.291. The number of β-amino-alcohol motifs (C(OH)–C–C–N with tert-alkyl or cyclic N) is 1. The molecule has 0 radical (unpaired) electrons. The van der Waals surface area contributed by atoms with Crippen LogP contribution in [0.4, 0.5) is 5.69 Å². The molecular formula is C14H21N3OS. The molecule has 0 spiro atoms. The topological polar surface area (TPSA) is 38.7 Å². The number of benzene rings is 1. The van der Waals surface area contributed by atoms with E-state index >= 15 is 0 Å². The molecule has 104 valence electrons. The Morgan fingerprint density at radius 3 is 2.74 bits per heavy atom. The SMILES string of the molecule is CN(C)CC1CC(O)CN1C(=S)Nc1ccccc1. The van der Waals surface area contributed by atoms with E-state index in [1.807, 2.05) is 44.4 Å². The van der Waals surface area contributed by atoms with Gasteiger partial charge in [-0.2, -0.15) is 0 Å². The summed E-state index contributed by atoms with van der Waals surface area (Å²) in [6, 6.07) is 10.2. The lowest BCUT2D eigenvalue weighted by Crippen LogP contribution is -2.43. The summed E-state index contributed by atoms with van der Waals surface area (Å²) < 4.78 is 0. The molecule has 1 aliphatic heterocycles. The number of likely N-dealkylation sites (N-methyl/N-ethyl adjacent to an activating group) is 1. The van der Waals surface area contributed by atoms with Gasteiger partial charge in [0, 0.05) is 24.8 Å². The zero-order chi connectivity index (χ0) is 13.8. The minimum Gasteiger partial charge on any atom is -0.391 e. The van der Waals surface area contributed by atoms with E-state index in [1.54, 1.807) is 0 Å². The first kappa shape index (κ1) is 14.2. The van der Waals surface area contributed by atoms with Crippen LogP contribution in [0.15, 0.2) is 30.3 Å². The van der Waals surface area contributed by atoms with Crippen LogP contribution in [0.1, 0.15) is 6.42 Å². The smallest absolute Gasteiger partial charge is 0.173 e. The predicted molar refractivity (Wildman–Crippen MR) is 82.3 cm³/mol. The maximum Gasteiger partial charge on any atom is 0.173 e. The van der Waals surface area contributed by atoms with Gasteiger partial charge in [-0.05, 0) is 44.9 Å². The van der Waals surface area contributed by atoms with Gasteiger partial charge >= 0.3 is 0 Å². The van der Waals surface area contributed by atoms with Crippen LogP contribution in [0.2, 0.25) is 0 Å². The van der Waals surface area contributed by atoms with Gasteiger partial charge < -0.3 is 20.2 Å². The number of thiocarbonyl (C=S) groups is 1. The highest BCUT2D eigenvalue weighted by Crippen LogP contribution is 2.20. The van der Waals surface area contributed by atoms with Crippen molar-refractivity contribution in [2.45, 2.75) is 18.6 Å². The van der Waals surface area contributed by atoms with Crippen molar-refractivity contribution in [3.05, 3.63) is 30.3 Å². The monoisotopic (exact) mass is 279 g/mol. The first-order chi connectivity index (χ1) is 9.06. The molecular weight excluding hydrogens is 258 g/mol. The van der Waals surface area contributed by atoms with E-state index in [0.29, 0.717) is 11.7 Å². The van der Waals surface area contributed by atoms with Crippen LogP contribution in [0.5, 0.6) is 0 Å². The van der Waals surface area contributed by atoms with Gasteiger partial charge in [0.05, 0.1) is 6.10 Å². The van der Waals surface area contributed by atoms with Crippen LogP contribution in [0.3, 0.4) is 0 Å². The molecule has 1 aromatic rings. The maximum atomic E-state index is 9.85. The Balaban J connectivity index is 2.00. The van der Waals surface area contributed by atoms with Gasteiger partial charge in [-0.25, -0.2) is 0 Å². The highest BCUT2D eigenvalue weighted by Gasteiger charge is 2.32. The number of likely N-dealkylation sites (tertiary alicyclic amines) is 1. The molecule has 5 heteroatoms. The number of rotatable bonds is 3. The highest BCUT2D eigenvalue weighted by atomic mass is 32.1. The van der Waals surface area contributed by atoms with Crippen LogP contribution in [-0.2, 0) is 0 Å². The molecule has 2 rings (SSSR count). The van der Waals surface area contributed by atoms with Gasteiger partial charge in [-0.1, -0.05) is 18.2 Å². The molecule has 0 aromatic heterocycles. The van der Waals surface area contributed by atoms with Crippen LogP contribution < -0.4 is 5.32 Å². The molecule has 1 aliphatic rings. The number of hydrogen-bond donors (Lipinski definition) is 2. The van der Waals surface area contributed by atoms with E-state index in [4.69, 9.17) is 12.2 Å². The number of aliphatic hydroxyl groups excluding tert-OH is 1. The predicted octanol–water partition coefficient (Wildman–Crippen LogP) is 1.38. The van der Waals surface area contributed by atoms with Crippen molar-refractivity contribution in [3.63, 3.8) is 0 Å². The molecule has 2 atom stereocenters. The molecule has 0 amide bonds. The summed E-state index contributed by atoms with van der Waals surface area (Å²) in [6.45, 7) is 1.50. The van der Waals surface area contributed by atoms with Crippen molar-refractivity contribution in [1.29, 1.82) is 0 Å². The van der Waals surface area contributed by atoms with Gasteiger partial charge in [0.25, 0.3) is 0 Å². The third-order valence-corrected chi connectivity index (χ3v) is 3.59. The van der Waals surface area contributed by atoms with E-state index in [-0.39, 0.29) is 12.1 Å². The van der Waals surface area contributed by atoms with Crippen LogP contribution in [-0.4, -0.2) is 59.3 Å². The standard InChI is InChI=1S/C14H21N3OS/c1-16(2)9-12-8-13(18)10-17(12)14(19)15-11-6-4-3-5-7-11/h3-7,12-13,18H,8-10H2,1-2H3,(H,15,19). The zero-order valence-corrected chi connectivity index (χ0v) is 12.2. The molecule has 2 unspecified atom stereocenters. The largest absolute Gasteiger partial charge is 0.391 e. The fourth-order valence-corrected chi connectivity index (χ4v) is 2.79. The highest BCUT2D eigenvalue weighted by molar-refractivity contribution is 7.80. The van der Waals surface area contributed by atoms with Gasteiger partial charge in [-0.3, -0.25) is 0 Å². The Morgan fingerprint density at radius 1 is 1.42 bits per heavy atom. The van der Waals surface area contributed by atoms with Crippen molar-refractivity contribution < 1.29 is 5.11 Å². The summed E-state index contributed by atoms with van der Waals surface area (Å²) in [5.74, 6) is 0. The molecule has 2 N–H and O–H groups in total. The van der Waals surface area contributed by atoms with Crippen molar-refractivity contribution in [3.8, 4) is 0 Å². The van der Waals surface area contributed by atoms with Gasteiger partial charge in [-0.15, -0.1) is 0 Å². The molecule has 1 heterocycles. The number of para-hydroxylation sites is 1. The Kier molecular flexibility index (Phi) is 4.74.